The zero-order chi connectivity index (χ0) is 16.9. The van der Waals surface area contributed by atoms with Gasteiger partial charge in [-0.2, -0.15) is 0 Å². The van der Waals surface area contributed by atoms with Crippen molar-refractivity contribution in [3.63, 3.8) is 0 Å². The first kappa shape index (κ1) is 19.4. The average molecular weight is 313 g/mol. The quantitative estimate of drug-likeness (QED) is 0.520. The molecule has 2 nitrogen and oxygen atoms in total. The molecular weight excluding hydrogens is 280 g/mol. The summed E-state index contributed by atoms with van der Waals surface area (Å²) in [5.41, 5.74) is 2.32. The summed E-state index contributed by atoms with van der Waals surface area (Å²) in [6.45, 7) is 20.0. The molecule has 0 bridgehead atoms. The molecule has 0 spiro atoms. The minimum absolute atomic E-state index is 0.998. The van der Waals surface area contributed by atoms with Crippen molar-refractivity contribution in [3.8, 4) is 0 Å². The van der Waals surface area contributed by atoms with E-state index in [4.69, 9.17) is 0 Å². The lowest BCUT2D eigenvalue weighted by molar-refractivity contribution is -0.0141. The number of hydrazine groups is 1. The highest BCUT2D eigenvalue weighted by Crippen LogP contribution is 2.15. The molecule has 0 aromatic rings. The minimum Gasteiger partial charge on any atom is -0.241 e. The van der Waals surface area contributed by atoms with Gasteiger partial charge < -0.3 is 0 Å². The summed E-state index contributed by atoms with van der Waals surface area (Å²) in [5.74, 6) is 0. The Balaban J connectivity index is 2.51. The Labute approximate surface area is 142 Å². The lowest BCUT2D eigenvalue weighted by Crippen LogP contribution is -2.43. The van der Waals surface area contributed by atoms with Crippen LogP contribution in [0.4, 0.5) is 0 Å². The molecule has 1 aliphatic heterocycles. The maximum atomic E-state index is 4.12. The Morgan fingerprint density at radius 2 is 1.17 bits per heavy atom. The molecule has 0 aliphatic carbocycles. The van der Waals surface area contributed by atoms with Crippen molar-refractivity contribution in [3.05, 3.63) is 73.9 Å². The molecule has 1 aliphatic rings. The van der Waals surface area contributed by atoms with Crippen molar-refractivity contribution in [1.29, 1.82) is 0 Å². The molecule has 126 valence electrons. The van der Waals surface area contributed by atoms with Gasteiger partial charge in [-0.1, -0.05) is 80.3 Å². The molecule has 1 heterocycles. The molecule has 0 unspecified atom stereocenters. The second kappa shape index (κ2) is 11.9. The maximum absolute atomic E-state index is 4.12. The summed E-state index contributed by atoms with van der Waals surface area (Å²) in [6, 6.07) is 0. The van der Waals surface area contributed by atoms with Crippen molar-refractivity contribution < 1.29 is 0 Å². The normalized spacial score (nSPS) is 17.4. The Morgan fingerprint density at radius 3 is 1.57 bits per heavy atom. The molecule has 2 heteroatoms. The van der Waals surface area contributed by atoms with Crippen molar-refractivity contribution >= 4 is 0 Å². The SMILES string of the molecule is C=C/C=C/C(=C)CCN1CCCCCN1CCC(=C)/C=C/C=C. The first-order valence-corrected chi connectivity index (χ1v) is 8.61. The topological polar surface area (TPSA) is 6.48 Å². The van der Waals surface area contributed by atoms with Gasteiger partial charge in [0.05, 0.1) is 0 Å². The van der Waals surface area contributed by atoms with Crippen LogP contribution in [-0.4, -0.2) is 36.2 Å². The van der Waals surface area contributed by atoms with Crippen LogP contribution in [0.25, 0.3) is 0 Å². The molecule has 0 aromatic heterocycles. The highest BCUT2D eigenvalue weighted by molar-refractivity contribution is 5.19. The molecule has 0 saturated carbocycles. The van der Waals surface area contributed by atoms with Gasteiger partial charge in [0.2, 0.25) is 0 Å². The fourth-order valence-electron chi connectivity index (χ4n) is 2.67. The molecule has 0 aromatic carbocycles. The van der Waals surface area contributed by atoms with Crippen LogP contribution in [0.1, 0.15) is 32.1 Å². The average Bonchev–Trinajstić information content (AvgIpc) is 2.79. The molecule has 0 atom stereocenters. The third-order valence-corrected chi connectivity index (χ3v) is 4.05. The predicted molar refractivity (Wildman–Crippen MR) is 103 cm³/mol. The fourth-order valence-corrected chi connectivity index (χ4v) is 2.67. The first-order valence-electron chi connectivity index (χ1n) is 8.61. The fraction of sp³-hybridized carbons (Fsp3) is 0.429. The Kier molecular flexibility index (Phi) is 10.0. The Bertz CT molecular complexity index is 414. The van der Waals surface area contributed by atoms with Crippen LogP contribution >= 0.6 is 0 Å². The Morgan fingerprint density at radius 1 is 0.739 bits per heavy atom. The van der Waals surface area contributed by atoms with Crippen molar-refractivity contribution in [1.82, 2.24) is 10.0 Å². The molecule has 1 rings (SSSR count). The predicted octanol–water partition coefficient (Wildman–Crippen LogP) is 5.07. The summed E-state index contributed by atoms with van der Waals surface area (Å²) in [4.78, 5) is 0. The van der Waals surface area contributed by atoms with Gasteiger partial charge in [0.25, 0.3) is 0 Å². The molecule has 0 radical (unpaired) electrons. The van der Waals surface area contributed by atoms with Gasteiger partial charge in [-0.15, -0.1) is 0 Å². The lowest BCUT2D eigenvalue weighted by atomic mass is 10.2. The third kappa shape index (κ3) is 8.53. The number of nitrogens with zero attached hydrogens (tertiary/aromatic N) is 2. The van der Waals surface area contributed by atoms with Crippen molar-refractivity contribution in [2.45, 2.75) is 32.1 Å². The largest absolute Gasteiger partial charge is 0.241 e. The van der Waals surface area contributed by atoms with Gasteiger partial charge in [0, 0.05) is 26.2 Å². The lowest BCUT2D eigenvalue weighted by Gasteiger charge is -2.33. The second-order valence-electron chi connectivity index (χ2n) is 5.97. The number of hydrogen-bond acceptors (Lipinski definition) is 2. The van der Waals surface area contributed by atoms with E-state index in [1.165, 1.54) is 19.3 Å². The van der Waals surface area contributed by atoms with Crippen LogP contribution in [-0.2, 0) is 0 Å². The highest BCUT2D eigenvalue weighted by atomic mass is 15.6. The van der Waals surface area contributed by atoms with E-state index in [9.17, 15) is 0 Å². The molecule has 0 N–H and O–H groups in total. The molecule has 1 fully saturated rings. The van der Waals surface area contributed by atoms with Crippen LogP contribution in [0.3, 0.4) is 0 Å². The standard InChI is InChI=1S/C21H32N2/c1-5-7-12-20(3)14-18-22-16-10-9-11-17-23(22)19-15-21(4)13-8-6-2/h5-8,12-13H,1-4,9-11,14-19H2/b12-7+,13-8+. The Hall–Kier alpha value is -1.64. The van der Waals surface area contributed by atoms with E-state index in [0.29, 0.717) is 0 Å². The minimum atomic E-state index is 0.998. The molecule has 23 heavy (non-hydrogen) atoms. The van der Waals surface area contributed by atoms with E-state index in [1.54, 1.807) is 12.2 Å². The summed E-state index contributed by atoms with van der Waals surface area (Å²) in [5, 5.41) is 5.01. The molecule has 0 amide bonds. The van der Waals surface area contributed by atoms with Crippen molar-refractivity contribution in [2.24, 2.45) is 0 Å². The van der Waals surface area contributed by atoms with Crippen molar-refractivity contribution in [2.75, 3.05) is 26.2 Å². The zero-order valence-electron chi connectivity index (χ0n) is 14.6. The van der Waals surface area contributed by atoms with Crippen LogP contribution in [0.15, 0.2) is 73.9 Å². The van der Waals surface area contributed by atoms with E-state index in [2.05, 4.69) is 48.5 Å². The van der Waals surface area contributed by atoms with Gasteiger partial charge in [0.1, 0.15) is 0 Å². The van der Waals surface area contributed by atoms with Crippen LogP contribution in [0.2, 0.25) is 0 Å². The van der Waals surface area contributed by atoms with E-state index >= 15 is 0 Å². The van der Waals surface area contributed by atoms with Gasteiger partial charge in [-0.3, -0.25) is 0 Å². The van der Waals surface area contributed by atoms with E-state index in [0.717, 1.165) is 50.2 Å². The first-order chi connectivity index (χ1) is 11.2. The van der Waals surface area contributed by atoms with Gasteiger partial charge in [-0.25, -0.2) is 10.0 Å². The highest BCUT2D eigenvalue weighted by Gasteiger charge is 2.17. The summed E-state index contributed by atoms with van der Waals surface area (Å²) >= 11 is 0. The van der Waals surface area contributed by atoms with Crippen LogP contribution in [0, 0.1) is 0 Å². The molecular formula is C21H32N2. The van der Waals surface area contributed by atoms with E-state index < -0.39 is 0 Å². The van der Waals surface area contributed by atoms with Crippen LogP contribution < -0.4 is 0 Å². The maximum Gasteiger partial charge on any atom is 0.0173 e. The number of allylic oxidation sites excluding steroid dienone is 6. The van der Waals surface area contributed by atoms with Gasteiger partial charge in [-0.05, 0) is 25.7 Å². The monoisotopic (exact) mass is 312 g/mol. The third-order valence-electron chi connectivity index (χ3n) is 4.05. The smallest absolute Gasteiger partial charge is 0.0173 e. The van der Waals surface area contributed by atoms with E-state index in [-0.39, 0.29) is 0 Å². The number of hydrogen-bond donors (Lipinski definition) is 0. The summed E-state index contributed by atoms with van der Waals surface area (Å²) in [7, 11) is 0. The number of rotatable bonds is 10. The summed E-state index contributed by atoms with van der Waals surface area (Å²) < 4.78 is 0. The van der Waals surface area contributed by atoms with Crippen LogP contribution in [0.5, 0.6) is 0 Å². The van der Waals surface area contributed by atoms with E-state index in [1.807, 2.05) is 12.2 Å². The van der Waals surface area contributed by atoms with Gasteiger partial charge >= 0.3 is 0 Å². The van der Waals surface area contributed by atoms with Gasteiger partial charge in [0.15, 0.2) is 0 Å². The zero-order valence-corrected chi connectivity index (χ0v) is 14.6. The summed E-state index contributed by atoms with van der Waals surface area (Å²) in [6.07, 6.45) is 17.5. The molecule has 1 saturated heterocycles. The second-order valence-corrected chi connectivity index (χ2v) is 5.97.